The highest BCUT2D eigenvalue weighted by molar-refractivity contribution is 5.71. The van der Waals surface area contributed by atoms with Gasteiger partial charge in [-0.1, -0.05) is 54.4 Å². The molecule has 2 N–H and O–H groups in total. The lowest BCUT2D eigenvalue weighted by atomic mass is 9.44. The first-order valence-corrected chi connectivity index (χ1v) is 15.1. The van der Waals surface area contributed by atoms with Gasteiger partial charge in [0.25, 0.3) is 0 Å². The molecule has 2 unspecified atom stereocenters. The second-order valence-corrected chi connectivity index (χ2v) is 13.8. The zero-order valence-corrected chi connectivity index (χ0v) is 23.3. The molecule has 0 aliphatic heterocycles. The lowest BCUT2D eigenvalue weighted by molar-refractivity contribution is -0.190. The van der Waals surface area contributed by atoms with Crippen LogP contribution in [-0.4, -0.2) is 18.6 Å². The number of carbonyl (C=O) groups is 1. The number of ether oxygens (including phenoxy) is 1. The molecular formula is C31H55NO2. The van der Waals surface area contributed by atoms with Gasteiger partial charge in [-0.2, -0.15) is 0 Å². The first kappa shape index (κ1) is 26.5. The molecule has 4 aliphatic rings. The van der Waals surface area contributed by atoms with Crippen molar-refractivity contribution in [3.63, 3.8) is 0 Å². The Labute approximate surface area is 210 Å². The summed E-state index contributed by atoms with van der Waals surface area (Å²) < 4.78 is 6.08. The van der Waals surface area contributed by atoms with Gasteiger partial charge in [-0.15, -0.1) is 0 Å². The second-order valence-electron chi connectivity index (χ2n) is 13.8. The van der Waals surface area contributed by atoms with Crippen LogP contribution < -0.4 is 5.73 Å². The Balaban J connectivity index is 1.49. The molecule has 0 saturated heterocycles. The van der Waals surface area contributed by atoms with E-state index in [1.54, 1.807) is 0 Å². The summed E-state index contributed by atoms with van der Waals surface area (Å²) in [6.45, 7) is 15.0. The minimum atomic E-state index is -0.198. The Kier molecular flexibility index (Phi) is 8.12. The molecule has 34 heavy (non-hydrogen) atoms. The van der Waals surface area contributed by atoms with Crippen molar-refractivity contribution < 1.29 is 9.53 Å². The number of hydrogen-bond donors (Lipinski definition) is 1. The fourth-order valence-electron chi connectivity index (χ4n) is 10.3. The SMILES string of the molecule is CC[C@H](CC[C@@H](C)[C@H]1CC[C@H]2[C@H]3CCC4CCCC(OC(=O)CN)[C@]4(C)[C@H]3CC[C@]12C)C(C)C. The van der Waals surface area contributed by atoms with Crippen molar-refractivity contribution in [1.82, 2.24) is 0 Å². The minimum Gasteiger partial charge on any atom is -0.461 e. The van der Waals surface area contributed by atoms with Crippen LogP contribution in [0.5, 0.6) is 0 Å². The normalized spacial score (nSPS) is 43.5. The number of rotatable bonds is 8. The van der Waals surface area contributed by atoms with Crippen LogP contribution in [0.1, 0.15) is 119 Å². The molecule has 0 aromatic carbocycles. The van der Waals surface area contributed by atoms with Gasteiger partial charge in [0.2, 0.25) is 0 Å². The van der Waals surface area contributed by atoms with Crippen LogP contribution >= 0.6 is 0 Å². The van der Waals surface area contributed by atoms with Crippen molar-refractivity contribution in [1.29, 1.82) is 0 Å². The smallest absolute Gasteiger partial charge is 0.319 e. The predicted molar refractivity (Wildman–Crippen MR) is 141 cm³/mol. The van der Waals surface area contributed by atoms with Gasteiger partial charge in [0.15, 0.2) is 0 Å². The molecule has 3 nitrogen and oxygen atoms in total. The van der Waals surface area contributed by atoms with Gasteiger partial charge in [0.05, 0.1) is 6.54 Å². The average Bonchev–Trinajstić information content (AvgIpc) is 3.16. The molecule has 4 saturated carbocycles. The summed E-state index contributed by atoms with van der Waals surface area (Å²) in [4.78, 5) is 12.2. The summed E-state index contributed by atoms with van der Waals surface area (Å²) in [6.07, 6.45) is 16.2. The molecule has 0 spiro atoms. The Bertz CT molecular complexity index is 706. The quantitative estimate of drug-likeness (QED) is 0.369. The third kappa shape index (κ3) is 4.50. The zero-order valence-electron chi connectivity index (χ0n) is 23.3. The van der Waals surface area contributed by atoms with E-state index in [2.05, 4.69) is 41.5 Å². The molecule has 4 fully saturated rings. The molecule has 0 heterocycles. The molecule has 3 heteroatoms. The molecule has 0 radical (unpaired) electrons. The topological polar surface area (TPSA) is 52.3 Å². The summed E-state index contributed by atoms with van der Waals surface area (Å²) in [6, 6.07) is 0. The van der Waals surface area contributed by atoms with Crippen molar-refractivity contribution in [2.45, 2.75) is 125 Å². The van der Waals surface area contributed by atoms with Crippen LogP contribution in [0.4, 0.5) is 0 Å². The van der Waals surface area contributed by atoms with Crippen molar-refractivity contribution in [3.05, 3.63) is 0 Å². The third-order valence-electron chi connectivity index (χ3n) is 12.3. The standard InChI is InChI=1S/C31H55NO2/c1-7-22(20(2)3)12-11-21(4)25-15-16-26-24-14-13-23-9-8-10-28(34-29(33)19-32)31(23,6)27(24)17-18-30(25,26)5/h20-28H,7-19,32H2,1-6H3/t21-,22-,23?,24-,25-,26+,27+,28?,30-,31+/m1/s1. The van der Waals surface area contributed by atoms with Gasteiger partial charge in [0.1, 0.15) is 6.10 Å². The highest BCUT2D eigenvalue weighted by Crippen LogP contribution is 2.68. The van der Waals surface area contributed by atoms with E-state index in [9.17, 15) is 4.79 Å². The van der Waals surface area contributed by atoms with E-state index in [1.165, 1.54) is 70.6 Å². The Morgan fingerprint density at radius 1 is 0.971 bits per heavy atom. The van der Waals surface area contributed by atoms with E-state index < -0.39 is 0 Å². The Morgan fingerprint density at radius 2 is 1.74 bits per heavy atom. The predicted octanol–water partition coefficient (Wildman–Crippen LogP) is 7.61. The van der Waals surface area contributed by atoms with Crippen LogP contribution in [0.25, 0.3) is 0 Å². The molecule has 10 atom stereocenters. The van der Waals surface area contributed by atoms with Crippen LogP contribution in [0.2, 0.25) is 0 Å². The summed E-state index contributed by atoms with van der Waals surface area (Å²) in [5.74, 6) is 6.39. The molecule has 4 rings (SSSR count). The maximum absolute atomic E-state index is 12.2. The molecular weight excluding hydrogens is 418 g/mol. The molecule has 4 aliphatic carbocycles. The van der Waals surface area contributed by atoms with Gasteiger partial charge in [-0.05, 0) is 117 Å². The molecule has 0 aromatic heterocycles. The first-order chi connectivity index (χ1) is 16.2. The first-order valence-electron chi connectivity index (χ1n) is 15.1. The van der Waals surface area contributed by atoms with Crippen LogP contribution in [-0.2, 0) is 9.53 Å². The summed E-state index contributed by atoms with van der Waals surface area (Å²) in [5, 5.41) is 0. The second kappa shape index (κ2) is 10.4. The number of fused-ring (bicyclic) bond motifs is 5. The highest BCUT2D eigenvalue weighted by Gasteiger charge is 2.62. The van der Waals surface area contributed by atoms with Gasteiger partial charge < -0.3 is 10.5 Å². The van der Waals surface area contributed by atoms with E-state index in [-0.39, 0.29) is 24.0 Å². The number of carbonyl (C=O) groups excluding carboxylic acids is 1. The van der Waals surface area contributed by atoms with Crippen LogP contribution in [0, 0.1) is 58.2 Å². The van der Waals surface area contributed by atoms with E-state index in [1.807, 2.05) is 0 Å². The maximum atomic E-state index is 12.2. The lowest BCUT2D eigenvalue weighted by Crippen LogP contribution is -2.58. The van der Waals surface area contributed by atoms with E-state index >= 15 is 0 Å². The maximum Gasteiger partial charge on any atom is 0.319 e. The van der Waals surface area contributed by atoms with Gasteiger partial charge >= 0.3 is 5.97 Å². The van der Waals surface area contributed by atoms with Crippen molar-refractivity contribution in [2.24, 2.45) is 63.9 Å². The van der Waals surface area contributed by atoms with E-state index in [4.69, 9.17) is 10.5 Å². The molecule has 196 valence electrons. The highest BCUT2D eigenvalue weighted by atomic mass is 16.5. The largest absolute Gasteiger partial charge is 0.461 e. The average molecular weight is 474 g/mol. The van der Waals surface area contributed by atoms with Crippen molar-refractivity contribution in [2.75, 3.05) is 6.54 Å². The number of hydrogen-bond acceptors (Lipinski definition) is 3. The Morgan fingerprint density at radius 3 is 2.41 bits per heavy atom. The van der Waals surface area contributed by atoms with Gasteiger partial charge in [0, 0.05) is 5.41 Å². The van der Waals surface area contributed by atoms with Crippen LogP contribution in [0.15, 0.2) is 0 Å². The summed E-state index contributed by atoms with van der Waals surface area (Å²) >= 11 is 0. The van der Waals surface area contributed by atoms with E-state index in [0.717, 1.165) is 53.8 Å². The van der Waals surface area contributed by atoms with Crippen molar-refractivity contribution in [3.8, 4) is 0 Å². The van der Waals surface area contributed by atoms with Gasteiger partial charge in [-0.25, -0.2) is 0 Å². The fourth-order valence-corrected chi connectivity index (χ4v) is 10.3. The van der Waals surface area contributed by atoms with Gasteiger partial charge in [-0.3, -0.25) is 4.79 Å². The summed E-state index contributed by atoms with van der Waals surface area (Å²) in [5.41, 5.74) is 6.33. The molecule has 0 aromatic rings. The fraction of sp³-hybridized carbons (Fsp3) is 0.968. The Hall–Kier alpha value is -0.570. The van der Waals surface area contributed by atoms with Crippen molar-refractivity contribution >= 4 is 5.97 Å². The third-order valence-corrected chi connectivity index (χ3v) is 12.3. The molecule has 0 amide bonds. The minimum absolute atomic E-state index is 0.0152. The monoisotopic (exact) mass is 473 g/mol. The number of esters is 1. The number of nitrogens with two attached hydrogens (primary N) is 1. The summed E-state index contributed by atoms with van der Waals surface area (Å²) in [7, 11) is 0. The molecule has 0 bridgehead atoms. The van der Waals surface area contributed by atoms with Crippen LogP contribution in [0.3, 0.4) is 0 Å². The van der Waals surface area contributed by atoms with E-state index in [0.29, 0.717) is 5.41 Å². The lowest BCUT2D eigenvalue weighted by Gasteiger charge is -2.62. The zero-order chi connectivity index (χ0) is 24.7.